The van der Waals surface area contributed by atoms with Crippen LogP contribution in [0.25, 0.3) is 12.2 Å². The highest BCUT2D eigenvalue weighted by Gasteiger charge is 2.10. The fourth-order valence-electron chi connectivity index (χ4n) is 4.36. The van der Waals surface area contributed by atoms with Gasteiger partial charge in [0.2, 0.25) is 0 Å². The highest BCUT2D eigenvalue weighted by molar-refractivity contribution is 5.81. The molecule has 1 aliphatic heterocycles. The Labute approximate surface area is 171 Å². The number of benzene rings is 3. The van der Waals surface area contributed by atoms with Crippen LogP contribution in [0.3, 0.4) is 0 Å². The van der Waals surface area contributed by atoms with Crippen LogP contribution in [-0.2, 0) is 12.8 Å². The van der Waals surface area contributed by atoms with Gasteiger partial charge in [-0.3, -0.25) is 4.99 Å². The second-order valence-corrected chi connectivity index (χ2v) is 7.55. The van der Waals surface area contributed by atoms with E-state index in [-0.39, 0.29) is 0 Å². The molecule has 0 amide bonds. The number of hydrogen-bond donors (Lipinski definition) is 1. The minimum absolute atomic E-state index is 0.984. The number of hydrogen-bond acceptors (Lipinski definition) is 2. The topological polar surface area (TPSA) is 24.4 Å². The van der Waals surface area contributed by atoms with Crippen LogP contribution < -0.4 is 15.8 Å². The molecule has 0 saturated carbocycles. The molecule has 29 heavy (non-hydrogen) atoms. The SMILES string of the molecule is C1=CNc2ccccc2N=C1.C1=c2ccc3c(c2CCC1)CC=c1ccccc1=3. The molecular weight excluding hydrogens is 352 g/mol. The fourth-order valence-corrected chi connectivity index (χ4v) is 4.36. The van der Waals surface area contributed by atoms with Crippen LogP contribution >= 0.6 is 0 Å². The van der Waals surface area contributed by atoms with E-state index in [4.69, 9.17) is 0 Å². The third kappa shape index (κ3) is 3.54. The number of para-hydroxylation sites is 2. The first-order chi connectivity index (χ1) is 14.4. The Morgan fingerprint density at radius 3 is 2.66 bits per heavy atom. The Hall–Kier alpha value is -3.39. The molecule has 0 spiro atoms. The zero-order chi connectivity index (χ0) is 19.5. The van der Waals surface area contributed by atoms with Crippen LogP contribution in [0.15, 0.2) is 77.9 Å². The van der Waals surface area contributed by atoms with E-state index < -0.39 is 0 Å². The van der Waals surface area contributed by atoms with Crippen molar-refractivity contribution in [1.82, 2.24) is 0 Å². The van der Waals surface area contributed by atoms with E-state index in [0.29, 0.717) is 0 Å². The summed E-state index contributed by atoms with van der Waals surface area (Å²) in [5.74, 6) is 0. The summed E-state index contributed by atoms with van der Waals surface area (Å²) in [7, 11) is 0. The lowest BCUT2D eigenvalue weighted by molar-refractivity contribution is 0.824. The summed E-state index contributed by atoms with van der Waals surface area (Å²) in [6.07, 6.45) is 15.2. The maximum Gasteiger partial charge on any atom is 0.0864 e. The maximum absolute atomic E-state index is 4.21. The van der Waals surface area contributed by atoms with E-state index in [1.54, 1.807) is 17.3 Å². The number of anilines is 1. The highest BCUT2D eigenvalue weighted by atomic mass is 14.9. The Morgan fingerprint density at radius 1 is 0.759 bits per heavy atom. The molecule has 0 radical (unpaired) electrons. The summed E-state index contributed by atoms with van der Waals surface area (Å²) in [5.41, 5.74) is 5.21. The second-order valence-electron chi connectivity index (χ2n) is 7.55. The lowest BCUT2D eigenvalue weighted by Gasteiger charge is -2.16. The minimum atomic E-state index is 0.984. The van der Waals surface area contributed by atoms with Crippen molar-refractivity contribution in [2.75, 3.05) is 5.32 Å². The largest absolute Gasteiger partial charge is 0.360 e. The first-order valence-corrected chi connectivity index (χ1v) is 10.4. The van der Waals surface area contributed by atoms with E-state index in [1.165, 1.54) is 40.1 Å². The molecule has 3 aliphatic rings. The number of fused-ring (bicyclic) bond motifs is 5. The molecular formula is C27H24N2. The molecule has 3 aromatic rings. The molecule has 1 heterocycles. The third-order valence-corrected chi connectivity index (χ3v) is 5.78. The summed E-state index contributed by atoms with van der Waals surface area (Å²) in [5, 5.41) is 8.86. The van der Waals surface area contributed by atoms with Gasteiger partial charge in [0.15, 0.2) is 0 Å². The van der Waals surface area contributed by atoms with Gasteiger partial charge in [-0.15, -0.1) is 0 Å². The Bertz CT molecular complexity index is 1330. The van der Waals surface area contributed by atoms with Crippen molar-refractivity contribution < 1.29 is 0 Å². The predicted molar refractivity (Wildman–Crippen MR) is 123 cm³/mol. The summed E-state index contributed by atoms with van der Waals surface area (Å²) in [6, 6.07) is 21.3. The summed E-state index contributed by atoms with van der Waals surface area (Å²) in [4.78, 5) is 4.21. The first-order valence-electron chi connectivity index (χ1n) is 10.4. The molecule has 0 unspecified atom stereocenters. The number of rotatable bonds is 0. The zero-order valence-corrected chi connectivity index (χ0v) is 16.4. The molecule has 0 saturated heterocycles. The van der Waals surface area contributed by atoms with E-state index in [0.717, 1.165) is 17.8 Å². The lowest BCUT2D eigenvalue weighted by atomic mass is 9.89. The van der Waals surface area contributed by atoms with Crippen molar-refractivity contribution in [2.45, 2.75) is 25.7 Å². The monoisotopic (exact) mass is 376 g/mol. The van der Waals surface area contributed by atoms with Crippen molar-refractivity contribution in [1.29, 1.82) is 0 Å². The number of nitrogens with one attached hydrogen (secondary N) is 1. The van der Waals surface area contributed by atoms with E-state index in [2.05, 4.69) is 58.9 Å². The van der Waals surface area contributed by atoms with Gasteiger partial charge in [0.05, 0.1) is 11.4 Å². The van der Waals surface area contributed by atoms with Crippen LogP contribution in [0, 0.1) is 10.4 Å². The standard InChI is InChI=1S/C18H16.C9H8N2/c1-3-7-15-13(5-1)9-11-18-16-8-4-2-6-14(16)10-12-17(15)18;1-2-5-9-8(4-1)10-6-3-7-11-9/h1,3,5-7,9-10,12H,2,4,8,11H2;1-7,10H. The van der Waals surface area contributed by atoms with Gasteiger partial charge in [-0.1, -0.05) is 60.7 Å². The molecule has 142 valence electrons. The molecule has 0 atom stereocenters. The van der Waals surface area contributed by atoms with Crippen LogP contribution in [0.4, 0.5) is 11.4 Å². The number of allylic oxidation sites excluding steroid dienone is 1. The van der Waals surface area contributed by atoms with Crippen molar-refractivity contribution in [3.63, 3.8) is 0 Å². The fraction of sp³-hybridized carbons (Fsp3) is 0.148. The van der Waals surface area contributed by atoms with Crippen LogP contribution in [0.1, 0.15) is 24.0 Å². The van der Waals surface area contributed by atoms with Gasteiger partial charge in [0.25, 0.3) is 0 Å². The smallest absolute Gasteiger partial charge is 0.0864 e. The van der Waals surface area contributed by atoms with E-state index in [1.807, 2.05) is 36.5 Å². The molecule has 2 nitrogen and oxygen atoms in total. The van der Waals surface area contributed by atoms with Crippen LogP contribution in [0.2, 0.25) is 0 Å². The highest BCUT2D eigenvalue weighted by Crippen LogP contribution is 2.24. The van der Waals surface area contributed by atoms with Gasteiger partial charge in [-0.05, 0) is 75.9 Å². The van der Waals surface area contributed by atoms with Gasteiger partial charge in [0.1, 0.15) is 0 Å². The Kier molecular flexibility index (Phi) is 4.83. The summed E-state index contributed by atoms with van der Waals surface area (Å²) < 4.78 is 0. The average molecular weight is 377 g/mol. The van der Waals surface area contributed by atoms with E-state index >= 15 is 0 Å². The van der Waals surface area contributed by atoms with Crippen molar-refractivity contribution in [2.24, 2.45) is 4.99 Å². The van der Waals surface area contributed by atoms with Crippen LogP contribution in [0.5, 0.6) is 0 Å². The van der Waals surface area contributed by atoms with E-state index in [9.17, 15) is 0 Å². The quantitative estimate of drug-likeness (QED) is 0.601. The molecule has 0 aromatic heterocycles. The van der Waals surface area contributed by atoms with Gasteiger partial charge in [-0.25, -0.2) is 0 Å². The van der Waals surface area contributed by atoms with Gasteiger partial charge >= 0.3 is 0 Å². The Morgan fingerprint density at radius 2 is 1.66 bits per heavy atom. The average Bonchev–Trinajstić information content (AvgIpc) is 3.05. The molecule has 0 bridgehead atoms. The Balaban J connectivity index is 0.000000142. The zero-order valence-electron chi connectivity index (χ0n) is 16.4. The van der Waals surface area contributed by atoms with Gasteiger partial charge in [-0.2, -0.15) is 0 Å². The maximum atomic E-state index is 4.21. The van der Waals surface area contributed by atoms with Gasteiger partial charge in [0, 0.05) is 12.4 Å². The number of nitrogens with zero attached hydrogens (tertiary/aromatic N) is 1. The normalized spacial score (nSPS) is 14.9. The van der Waals surface area contributed by atoms with Gasteiger partial charge < -0.3 is 5.32 Å². The summed E-state index contributed by atoms with van der Waals surface area (Å²) >= 11 is 0. The predicted octanol–water partition coefficient (Wildman–Crippen LogP) is 4.76. The molecule has 2 aliphatic carbocycles. The van der Waals surface area contributed by atoms with Crippen LogP contribution in [-0.4, -0.2) is 6.21 Å². The molecule has 1 N–H and O–H groups in total. The molecule has 2 heteroatoms. The van der Waals surface area contributed by atoms with Crippen molar-refractivity contribution in [3.8, 4) is 0 Å². The lowest BCUT2D eigenvalue weighted by Crippen LogP contribution is -2.19. The number of aliphatic imine (C=N–C) groups is 1. The second kappa shape index (κ2) is 7.92. The first kappa shape index (κ1) is 17.7. The molecule has 3 aromatic carbocycles. The molecule has 0 fully saturated rings. The van der Waals surface area contributed by atoms with Crippen molar-refractivity contribution in [3.05, 3.63) is 105 Å². The minimum Gasteiger partial charge on any atom is -0.360 e. The third-order valence-electron chi connectivity index (χ3n) is 5.78. The van der Waals surface area contributed by atoms with Crippen molar-refractivity contribution >= 4 is 29.7 Å². The summed E-state index contributed by atoms with van der Waals surface area (Å²) in [6.45, 7) is 0. The molecule has 6 rings (SSSR count).